The van der Waals surface area contributed by atoms with Crippen LogP contribution in [-0.4, -0.2) is 60.5 Å². The van der Waals surface area contributed by atoms with Crippen molar-refractivity contribution in [1.82, 2.24) is 9.80 Å². The molecule has 2 aromatic carbocycles. The predicted octanol–water partition coefficient (Wildman–Crippen LogP) is 2.75. The fraction of sp³-hybridized carbons (Fsp3) is 0.417. The first-order chi connectivity index (χ1) is 14.5. The first-order valence-corrected chi connectivity index (χ1v) is 10.5. The van der Waals surface area contributed by atoms with Gasteiger partial charge in [0.1, 0.15) is 6.61 Å². The molecule has 0 radical (unpaired) electrons. The Bertz CT molecular complexity index is 935. The van der Waals surface area contributed by atoms with Crippen molar-refractivity contribution in [3.63, 3.8) is 0 Å². The van der Waals surface area contributed by atoms with Crippen LogP contribution < -0.4 is 9.47 Å². The predicted molar refractivity (Wildman–Crippen MR) is 114 cm³/mol. The Morgan fingerprint density at radius 2 is 1.67 bits per heavy atom. The molecule has 2 amide bonds. The van der Waals surface area contributed by atoms with Crippen LogP contribution in [0.25, 0.3) is 0 Å². The van der Waals surface area contributed by atoms with Crippen LogP contribution >= 0.6 is 0 Å². The molecule has 158 valence electrons. The summed E-state index contributed by atoms with van der Waals surface area (Å²) >= 11 is 0. The average Bonchev–Trinajstić information content (AvgIpc) is 2.77. The number of amides is 2. The van der Waals surface area contributed by atoms with Gasteiger partial charge in [0.05, 0.1) is 0 Å². The number of para-hydroxylation sites is 2. The van der Waals surface area contributed by atoms with Crippen molar-refractivity contribution in [2.45, 2.75) is 32.8 Å². The third-order valence-electron chi connectivity index (χ3n) is 5.83. The first kappa shape index (κ1) is 20.3. The highest BCUT2D eigenvalue weighted by atomic mass is 16.6. The van der Waals surface area contributed by atoms with Gasteiger partial charge in [0.25, 0.3) is 5.91 Å². The van der Waals surface area contributed by atoms with Crippen LogP contribution in [0.3, 0.4) is 0 Å². The number of nitrogens with zero attached hydrogens (tertiary/aromatic N) is 2. The molecule has 0 bridgehead atoms. The molecule has 1 atom stereocenters. The number of fused-ring (bicyclic) bond motifs is 1. The van der Waals surface area contributed by atoms with E-state index in [4.69, 9.17) is 9.47 Å². The van der Waals surface area contributed by atoms with Gasteiger partial charge in [-0.15, -0.1) is 0 Å². The number of benzene rings is 2. The van der Waals surface area contributed by atoms with Crippen LogP contribution in [0.15, 0.2) is 42.5 Å². The molecule has 1 unspecified atom stereocenters. The highest BCUT2D eigenvalue weighted by molar-refractivity contribution is 5.82. The number of hydrogen-bond acceptors (Lipinski definition) is 4. The van der Waals surface area contributed by atoms with E-state index in [9.17, 15) is 9.59 Å². The summed E-state index contributed by atoms with van der Waals surface area (Å²) in [7, 11) is 0. The number of hydrogen-bond donors (Lipinski definition) is 0. The molecule has 2 heterocycles. The van der Waals surface area contributed by atoms with Crippen molar-refractivity contribution >= 4 is 11.8 Å². The number of aryl methyl sites for hydroxylation is 3. The number of rotatable bonds is 4. The molecule has 6 heteroatoms. The van der Waals surface area contributed by atoms with Crippen LogP contribution in [-0.2, 0) is 16.0 Å². The maximum atomic E-state index is 12.8. The van der Waals surface area contributed by atoms with Crippen molar-refractivity contribution < 1.29 is 19.1 Å². The van der Waals surface area contributed by atoms with E-state index < -0.39 is 6.10 Å². The van der Waals surface area contributed by atoms with Crippen molar-refractivity contribution in [2.75, 3.05) is 32.8 Å². The van der Waals surface area contributed by atoms with Gasteiger partial charge in [0.2, 0.25) is 12.0 Å². The van der Waals surface area contributed by atoms with Crippen LogP contribution in [0.4, 0.5) is 0 Å². The summed E-state index contributed by atoms with van der Waals surface area (Å²) in [6.07, 6.45) is 0.608. The summed E-state index contributed by atoms with van der Waals surface area (Å²) < 4.78 is 11.5. The quantitative estimate of drug-likeness (QED) is 0.781. The van der Waals surface area contributed by atoms with E-state index in [0.717, 1.165) is 6.42 Å². The summed E-state index contributed by atoms with van der Waals surface area (Å²) in [5.74, 6) is 1.34. The summed E-state index contributed by atoms with van der Waals surface area (Å²) in [5, 5.41) is 0. The molecule has 0 saturated carbocycles. The molecular weight excluding hydrogens is 380 g/mol. The molecule has 0 aliphatic carbocycles. The third kappa shape index (κ3) is 4.42. The Morgan fingerprint density at radius 3 is 2.40 bits per heavy atom. The zero-order chi connectivity index (χ0) is 21.1. The lowest BCUT2D eigenvalue weighted by atomic mass is 10.0. The van der Waals surface area contributed by atoms with Gasteiger partial charge in [-0.25, -0.2) is 0 Å². The zero-order valence-electron chi connectivity index (χ0n) is 17.6. The lowest BCUT2D eigenvalue weighted by Gasteiger charge is -2.37. The van der Waals surface area contributed by atoms with Gasteiger partial charge in [-0.2, -0.15) is 0 Å². The summed E-state index contributed by atoms with van der Waals surface area (Å²) in [6, 6.07) is 13.7. The molecule has 0 spiro atoms. The van der Waals surface area contributed by atoms with E-state index in [1.165, 1.54) is 16.7 Å². The SMILES string of the molecule is Cc1ccc(CCC(=O)N2CCN(C(=O)C3COc4ccccc4O3)CC2)c(C)c1. The van der Waals surface area contributed by atoms with Gasteiger partial charge >= 0.3 is 0 Å². The third-order valence-corrected chi connectivity index (χ3v) is 5.83. The number of ether oxygens (including phenoxy) is 2. The highest BCUT2D eigenvalue weighted by Gasteiger charge is 2.33. The Labute approximate surface area is 177 Å². The molecule has 0 aromatic heterocycles. The minimum Gasteiger partial charge on any atom is -0.485 e. The fourth-order valence-electron chi connectivity index (χ4n) is 4.05. The maximum absolute atomic E-state index is 12.8. The van der Waals surface area contributed by atoms with Crippen LogP contribution in [0.1, 0.15) is 23.1 Å². The lowest BCUT2D eigenvalue weighted by Crippen LogP contribution is -2.55. The van der Waals surface area contributed by atoms with E-state index in [1.807, 2.05) is 23.1 Å². The molecule has 30 heavy (non-hydrogen) atoms. The van der Waals surface area contributed by atoms with Crippen molar-refractivity contribution in [2.24, 2.45) is 0 Å². The molecule has 1 saturated heterocycles. The molecule has 2 aliphatic rings. The zero-order valence-corrected chi connectivity index (χ0v) is 17.6. The normalized spacial score (nSPS) is 18.3. The Morgan fingerprint density at radius 1 is 0.967 bits per heavy atom. The van der Waals surface area contributed by atoms with Gasteiger partial charge < -0.3 is 19.3 Å². The molecule has 0 N–H and O–H groups in total. The molecular formula is C24H28N2O4. The molecule has 1 fully saturated rings. The molecule has 2 aliphatic heterocycles. The largest absolute Gasteiger partial charge is 0.485 e. The number of carbonyl (C=O) groups excluding carboxylic acids is 2. The van der Waals surface area contributed by atoms with E-state index in [0.29, 0.717) is 44.1 Å². The lowest BCUT2D eigenvalue weighted by molar-refractivity contribution is -0.146. The van der Waals surface area contributed by atoms with Crippen molar-refractivity contribution in [3.05, 3.63) is 59.2 Å². The molecule has 4 rings (SSSR count). The van der Waals surface area contributed by atoms with E-state index in [-0.39, 0.29) is 18.4 Å². The van der Waals surface area contributed by atoms with Gasteiger partial charge in [0.15, 0.2) is 11.5 Å². The number of carbonyl (C=O) groups is 2. The van der Waals surface area contributed by atoms with E-state index >= 15 is 0 Å². The summed E-state index contributed by atoms with van der Waals surface area (Å²) in [4.78, 5) is 29.1. The van der Waals surface area contributed by atoms with Gasteiger partial charge in [-0.05, 0) is 43.5 Å². The highest BCUT2D eigenvalue weighted by Crippen LogP contribution is 2.31. The fourth-order valence-corrected chi connectivity index (χ4v) is 4.05. The average molecular weight is 408 g/mol. The Kier molecular flexibility index (Phi) is 5.93. The maximum Gasteiger partial charge on any atom is 0.267 e. The van der Waals surface area contributed by atoms with Gasteiger partial charge in [-0.3, -0.25) is 9.59 Å². The smallest absolute Gasteiger partial charge is 0.267 e. The van der Waals surface area contributed by atoms with E-state index in [1.54, 1.807) is 11.0 Å². The topological polar surface area (TPSA) is 59.1 Å². The minimum atomic E-state index is -0.633. The van der Waals surface area contributed by atoms with Crippen molar-refractivity contribution in [1.29, 1.82) is 0 Å². The summed E-state index contributed by atoms with van der Waals surface area (Å²) in [6.45, 7) is 6.54. The second-order valence-corrected chi connectivity index (χ2v) is 8.00. The molecule has 2 aromatic rings. The second-order valence-electron chi connectivity index (χ2n) is 8.00. The Balaban J connectivity index is 1.26. The standard InChI is InChI=1S/C24H28N2O4/c1-17-7-8-19(18(2)15-17)9-10-23(27)25-11-13-26(14-12-25)24(28)22-16-29-20-5-3-4-6-21(20)30-22/h3-8,15,22H,9-14,16H2,1-2H3. The van der Waals surface area contributed by atoms with Gasteiger partial charge in [0, 0.05) is 32.6 Å². The van der Waals surface area contributed by atoms with Crippen LogP contribution in [0.2, 0.25) is 0 Å². The second kappa shape index (κ2) is 8.78. The monoisotopic (exact) mass is 408 g/mol. The Hall–Kier alpha value is -3.02. The summed E-state index contributed by atoms with van der Waals surface area (Å²) in [5.41, 5.74) is 3.69. The first-order valence-electron chi connectivity index (χ1n) is 10.5. The minimum absolute atomic E-state index is 0.0770. The van der Waals surface area contributed by atoms with Crippen LogP contribution in [0, 0.1) is 13.8 Å². The van der Waals surface area contributed by atoms with Crippen molar-refractivity contribution in [3.8, 4) is 11.5 Å². The van der Waals surface area contributed by atoms with Gasteiger partial charge in [-0.1, -0.05) is 35.9 Å². The molecule has 6 nitrogen and oxygen atoms in total. The number of piperazine rings is 1. The van der Waals surface area contributed by atoms with Crippen LogP contribution in [0.5, 0.6) is 11.5 Å². The van der Waals surface area contributed by atoms with E-state index in [2.05, 4.69) is 32.0 Å².